The maximum absolute atomic E-state index is 12.3. The number of hydrogen-bond donors (Lipinski definition) is 1. The molecule has 3 heterocycles. The highest BCUT2D eigenvalue weighted by atomic mass is 79.9. The van der Waals surface area contributed by atoms with Crippen LogP contribution in [0.25, 0.3) is 0 Å². The van der Waals surface area contributed by atoms with E-state index in [4.69, 9.17) is 9.15 Å². The van der Waals surface area contributed by atoms with E-state index in [2.05, 4.69) is 31.4 Å². The monoisotopic (exact) mass is 549 g/mol. The molecular weight excluding hydrogens is 538 g/mol. The Kier molecular flexibility index (Phi) is 7.15. The number of anilines is 1. The molecule has 0 unspecified atom stereocenters. The van der Waals surface area contributed by atoms with Crippen LogP contribution in [0.5, 0.6) is 5.75 Å². The summed E-state index contributed by atoms with van der Waals surface area (Å²) in [5.74, 6) is -0.431. The number of rotatable bonds is 7. The Labute approximate surface area is 201 Å². The van der Waals surface area contributed by atoms with E-state index in [1.807, 2.05) is 5.38 Å². The van der Waals surface area contributed by atoms with Gasteiger partial charge in [-0.1, -0.05) is 41.3 Å². The predicted molar refractivity (Wildman–Crippen MR) is 126 cm³/mol. The van der Waals surface area contributed by atoms with Gasteiger partial charge in [-0.05, 0) is 39.5 Å². The third kappa shape index (κ3) is 5.51. The van der Waals surface area contributed by atoms with Crippen molar-refractivity contribution in [3.05, 3.63) is 85.0 Å². The van der Waals surface area contributed by atoms with Gasteiger partial charge >= 0.3 is 5.97 Å². The Balaban J connectivity index is 1.35. The van der Waals surface area contributed by atoms with Crippen LogP contribution in [0.1, 0.15) is 25.8 Å². The fourth-order valence-electron chi connectivity index (χ4n) is 2.39. The zero-order chi connectivity index (χ0) is 22.5. The van der Waals surface area contributed by atoms with Crippen molar-refractivity contribution in [3.63, 3.8) is 0 Å². The van der Waals surface area contributed by atoms with E-state index < -0.39 is 11.4 Å². The summed E-state index contributed by atoms with van der Waals surface area (Å²) in [6.45, 7) is 0. The Morgan fingerprint density at radius 2 is 2.03 bits per heavy atom. The molecule has 12 heteroatoms. The van der Waals surface area contributed by atoms with Gasteiger partial charge in [0.05, 0.1) is 16.2 Å². The summed E-state index contributed by atoms with van der Waals surface area (Å²) in [5, 5.41) is 12.8. The van der Waals surface area contributed by atoms with Crippen LogP contribution >= 0.6 is 50.4 Å². The van der Waals surface area contributed by atoms with Crippen LogP contribution in [0.3, 0.4) is 0 Å². The van der Waals surface area contributed by atoms with Crippen LogP contribution in [0.4, 0.5) is 5.13 Å². The SMILES string of the molecule is O=C(Nc1nnc(SCc2cc(=O)c(OC(=O)c3ccccc3Br)co2)s1)c1cccs1. The Bertz CT molecular complexity index is 1320. The number of aromatic nitrogens is 2. The minimum atomic E-state index is -0.669. The smallest absolute Gasteiger partial charge is 0.344 e. The summed E-state index contributed by atoms with van der Waals surface area (Å²) in [4.78, 5) is 37.2. The molecule has 0 atom stereocenters. The minimum absolute atomic E-state index is 0.200. The third-order valence-corrected chi connectivity index (χ3v) is 7.41. The summed E-state index contributed by atoms with van der Waals surface area (Å²) in [5.41, 5.74) is -0.182. The van der Waals surface area contributed by atoms with E-state index in [1.165, 1.54) is 40.5 Å². The van der Waals surface area contributed by atoms with Crippen LogP contribution in [-0.2, 0) is 5.75 Å². The van der Waals surface area contributed by atoms with Crippen molar-refractivity contribution in [2.24, 2.45) is 0 Å². The molecule has 1 N–H and O–H groups in total. The van der Waals surface area contributed by atoms with Crippen molar-refractivity contribution in [1.82, 2.24) is 10.2 Å². The number of ether oxygens (including phenoxy) is 1. The van der Waals surface area contributed by atoms with Gasteiger partial charge in [0.15, 0.2) is 4.34 Å². The summed E-state index contributed by atoms with van der Waals surface area (Å²) >= 11 is 7.11. The van der Waals surface area contributed by atoms with E-state index in [0.717, 1.165) is 6.26 Å². The molecule has 4 rings (SSSR count). The second-order valence-corrected chi connectivity index (χ2v) is 10.0. The highest BCUT2D eigenvalue weighted by Crippen LogP contribution is 2.29. The number of halogens is 1. The lowest BCUT2D eigenvalue weighted by molar-refractivity contribution is 0.0727. The van der Waals surface area contributed by atoms with Crippen LogP contribution < -0.4 is 15.5 Å². The number of hydrogen-bond acceptors (Lipinski definition) is 10. The van der Waals surface area contributed by atoms with Gasteiger partial charge in [-0.2, -0.15) is 0 Å². The van der Waals surface area contributed by atoms with Gasteiger partial charge in [0, 0.05) is 10.5 Å². The topological polar surface area (TPSA) is 111 Å². The van der Waals surface area contributed by atoms with E-state index in [1.54, 1.807) is 36.4 Å². The van der Waals surface area contributed by atoms with Crippen molar-refractivity contribution in [2.75, 3.05) is 5.32 Å². The fraction of sp³-hybridized carbons (Fsp3) is 0.0500. The molecule has 4 aromatic rings. The van der Waals surface area contributed by atoms with Gasteiger partial charge in [0.2, 0.25) is 16.3 Å². The number of benzene rings is 1. The molecule has 3 aromatic heterocycles. The van der Waals surface area contributed by atoms with Gasteiger partial charge in [-0.25, -0.2) is 4.79 Å². The fourth-order valence-corrected chi connectivity index (χ4v) is 5.09. The average molecular weight is 550 g/mol. The van der Waals surface area contributed by atoms with Gasteiger partial charge in [0.25, 0.3) is 5.91 Å². The van der Waals surface area contributed by atoms with Gasteiger partial charge in [0.1, 0.15) is 12.0 Å². The molecule has 1 aromatic carbocycles. The molecule has 0 saturated carbocycles. The van der Waals surface area contributed by atoms with Crippen LogP contribution in [-0.4, -0.2) is 22.1 Å². The summed E-state index contributed by atoms with van der Waals surface area (Å²) in [6.07, 6.45) is 1.11. The molecule has 32 heavy (non-hydrogen) atoms. The number of nitrogens with zero attached hydrogens (tertiary/aromatic N) is 2. The van der Waals surface area contributed by atoms with E-state index in [-0.39, 0.29) is 11.7 Å². The van der Waals surface area contributed by atoms with E-state index in [0.29, 0.717) is 35.9 Å². The number of carbonyl (C=O) groups is 2. The summed E-state index contributed by atoms with van der Waals surface area (Å²) < 4.78 is 11.7. The van der Waals surface area contributed by atoms with Crippen LogP contribution in [0.2, 0.25) is 0 Å². The second-order valence-electron chi connectivity index (χ2n) is 6.04. The second kappa shape index (κ2) is 10.2. The molecule has 0 aliphatic rings. The molecule has 0 aliphatic carbocycles. The lowest BCUT2D eigenvalue weighted by Gasteiger charge is -2.05. The number of thioether (sulfide) groups is 1. The first kappa shape index (κ1) is 22.4. The van der Waals surface area contributed by atoms with Crippen molar-refractivity contribution in [3.8, 4) is 5.75 Å². The Hall–Kier alpha value is -2.80. The molecule has 162 valence electrons. The zero-order valence-corrected chi connectivity index (χ0v) is 20.0. The minimum Gasteiger partial charge on any atom is -0.464 e. The quantitative estimate of drug-likeness (QED) is 0.193. The van der Waals surface area contributed by atoms with E-state index >= 15 is 0 Å². The molecule has 0 aliphatic heterocycles. The Morgan fingerprint density at radius 1 is 1.19 bits per heavy atom. The molecule has 0 radical (unpaired) electrons. The lowest BCUT2D eigenvalue weighted by atomic mass is 10.2. The first-order chi connectivity index (χ1) is 15.5. The lowest BCUT2D eigenvalue weighted by Crippen LogP contribution is -2.15. The number of thiophene rings is 1. The molecular formula is C20H12BrN3O5S3. The van der Waals surface area contributed by atoms with Crippen molar-refractivity contribution in [1.29, 1.82) is 0 Å². The first-order valence-corrected chi connectivity index (χ1v) is 12.4. The summed E-state index contributed by atoms with van der Waals surface area (Å²) in [7, 11) is 0. The summed E-state index contributed by atoms with van der Waals surface area (Å²) in [6, 6.07) is 11.5. The van der Waals surface area contributed by atoms with Crippen LogP contribution in [0.15, 0.2) is 72.1 Å². The van der Waals surface area contributed by atoms with Crippen molar-refractivity contribution >= 4 is 67.4 Å². The number of nitrogens with one attached hydrogen (secondary N) is 1. The molecule has 0 fully saturated rings. The maximum atomic E-state index is 12.3. The highest BCUT2D eigenvalue weighted by molar-refractivity contribution is 9.10. The van der Waals surface area contributed by atoms with Gasteiger partial charge < -0.3 is 9.15 Å². The zero-order valence-electron chi connectivity index (χ0n) is 15.9. The average Bonchev–Trinajstić information content (AvgIpc) is 3.46. The predicted octanol–water partition coefficient (Wildman–Crippen LogP) is 5.08. The molecule has 8 nitrogen and oxygen atoms in total. The normalized spacial score (nSPS) is 10.7. The number of esters is 1. The number of carbonyl (C=O) groups excluding carboxylic acids is 2. The van der Waals surface area contributed by atoms with Crippen LogP contribution in [0, 0.1) is 0 Å². The largest absolute Gasteiger partial charge is 0.464 e. The van der Waals surface area contributed by atoms with Crippen molar-refractivity contribution in [2.45, 2.75) is 10.1 Å². The first-order valence-electron chi connectivity index (χ1n) is 8.89. The molecule has 1 amide bonds. The molecule has 0 saturated heterocycles. The molecule has 0 spiro atoms. The highest BCUT2D eigenvalue weighted by Gasteiger charge is 2.16. The van der Waals surface area contributed by atoms with Crippen molar-refractivity contribution < 1.29 is 18.7 Å². The third-order valence-electron chi connectivity index (χ3n) is 3.86. The van der Waals surface area contributed by atoms with Gasteiger partial charge in [-0.15, -0.1) is 21.5 Å². The van der Waals surface area contributed by atoms with E-state index in [9.17, 15) is 14.4 Å². The molecule has 0 bridgehead atoms. The maximum Gasteiger partial charge on any atom is 0.344 e. The standard InChI is InChI=1S/C20H12BrN3O5S3/c21-13-5-2-1-4-12(13)18(27)29-15-9-28-11(8-14(15)25)10-31-20-24-23-19(32-20)22-17(26)16-6-3-7-30-16/h1-9H,10H2,(H,22,23,26). The number of amides is 1. The Morgan fingerprint density at radius 3 is 2.78 bits per heavy atom. The van der Waals surface area contributed by atoms with Gasteiger partial charge in [-0.3, -0.25) is 14.9 Å².